The third kappa shape index (κ3) is 4.15. The topological polar surface area (TPSA) is 80.6 Å². The molecule has 4 rings (SSSR count). The Morgan fingerprint density at radius 3 is 2.52 bits per heavy atom. The van der Waals surface area contributed by atoms with Crippen LogP contribution in [0.2, 0.25) is 0 Å². The lowest BCUT2D eigenvalue weighted by atomic mass is 9.95. The molecule has 3 fully saturated rings. The summed E-state index contributed by atoms with van der Waals surface area (Å²) in [5.41, 5.74) is 0.403. The third-order valence-electron chi connectivity index (χ3n) is 6.06. The van der Waals surface area contributed by atoms with Gasteiger partial charge in [-0.1, -0.05) is 24.5 Å². The number of nitrogens with zero attached hydrogens (tertiary/aromatic N) is 5. The van der Waals surface area contributed by atoms with Crippen LogP contribution < -0.4 is 0 Å². The first kappa shape index (κ1) is 18.4. The first-order chi connectivity index (χ1) is 13.2. The summed E-state index contributed by atoms with van der Waals surface area (Å²) in [6, 6.07) is 0.366. The van der Waals surface area contributed by atoms with E-state index in [4.69, 9.17) is 4.74 Å². The van der Waals surface area contributed by atoms with Crippen LogP contribution >= 0.6 is 0 Å². The van der Waals surface area contributed by atoms with Gasteiger partial charge >= 0.3 is 0 Å². The van der Waals surface area contributed by atoms with Crippen molar-refractivity contribution in [2.45, 2.75) is 51.0 Å². The third-order valence-corrected chi connectivity index (χ3v) is 6.06. The Kier molecular flexibility index (Phi) is 5.71. The minimum Gasteiger partial charge on any atom is -0.378 e. The lowest BCUT2D eigenvalue weighted by Gasteiger charge is -2.35. The Bertz CT molecular complexity index is 664. The van der Waals surface area contributed by atoms with Crippen molar-refractivity contribution in [2.75, 3.05) is 39.4 Å². The Balaban J connectivity index is 1.38. The highest BCUT2D eigenvalue weighted by Gasteiger charge is 2.33. The monoisotopic (exact) mass is 375 g/mol. The molecule has 27 heavy (non-hydrogen) atoms. The fourth-order valence-electron chi connectivity index (χ4n) is 4.47. The second-order valence-electron chi connectivity index (χ2n) is 7.90. The van der Waals surface area contributed by atoms with Gasteiger partial charge in [-0.05, 0) is 25.7 Å². The number of rotatable bonds is 3. The smallest absolute Gasteiger partial charge is 0.276 e. The molecule has 0 bridgehead atoms. The van der Waals surface area contributed by atoms with Gasteiger partial charge in [0.15, 0.2) is 5.69 Å². The standard InChI is InChI=1S/C19H29N5O3/c25-18(22-9-11-27-12-10-22)15-5-4-8-23(13-15)19(26)17-14-24(21-20-17)16-6-2-1-3-7-16/h14-16H,1-13H2. The normalized spacial score (nSPS) is 24.8. The van der Waals surface area contributed by atoms with Gasteiger partial charge < -0.3 is 14.5 Å². The summed E-state index contributed by atoms with van der Waals surface area (Å²) in [4.78, 5) is 29.3. The van der Waals surface area contributed by atoms with Gasteiger partial charge in [-0.15, -0.1) is 5.10 Å². The van der Waals surface area contributed by atoms with E-state index < -0.39 is 0 Å². The molecule has 3 heterocycles. The molecule has 0 N–H and O–H groups in total. The molecule has 148 valence electrons. The van der Waals surface area contributed by atoms with Crippen molar-refractivity contribution in [1.82, 2.24) is 24.8 Å². The summed E-state index contributed by atoms with van der Waals surface area (Å²) in [5.74, 6) is -0.0626. The highest BCUT2D eigenvalue weighted by atomic mass is 16.5. The number of amides is 2. The van der Waals surface area contributed by atoms with Gasteiger partial charge in [0.1, 0.15) is 0 Å². The Labute approximate surface area is 159 Å². The van der Waals surface area contributed by atoms with Crippen LogP contribution in [0.1, 0.15) is 61.5 Å². The van der Waals surface area contributed by atoms with Crippen molar-refractivity contribution in [2.24, 2.45) is 5.92 Å². The molecule has 1 aromatic rings. The summed E-state index contributed by atoms with van der Waals surface area (Å²) in [5, 5.41) is 8.35. The maximum Gasteiger partial charge on any atom is 0.276 e. The SMILES string of the molecule is O=C(c1cn(C2CCCCC2)nn1)N1CCCC(C(=O)N2CCOCC2)C1. The molecule has 8 heteroatoms. The van der Waals surface area contributed by atoms with Gasteiger partial charge in [0.2, 0.25) is 5.91 Å². The van der Waals surface area contributed by atoms with Crippen molar-refractivity contribution in [3.05, 3.63) is 11.9 Å². The predicted octanol–water partition coefficient (Wildman–Crippen LogP) is 1.49. The number of ether oxygens (including phenoxy) is 1. The van der Waals surface area contributed by atoms with Crippen LogP contribution in [0.5, 0.6) is 0 Å². The van der Waals surface area contributed by atoms with Crippen molar-refractivity contribution in [1.29, 1.82) is 0 Å². The largest absolute Gasteiger partial charge is 0.378 e. The van der Waals surface area contributed by atoms with E-state index >= 15 is 0 Å². The van der Waals surface area contributed by atoms with E-state index in [0.717, 1.165) is 25.7 Å². The minimum absolute atomic E-state index is 0.100. The van der Waals surface area contributed by atoms with Gasteiger partial charge in [0, 0.05) is 26.2 Å². The average molecular weight is 375 g/mol. The maximum absolute atomic E-state index is 12.9. The van der Waals surface area contributed by atoms with Crippen LogP contribution in [0.15, 0.2) is 6.20 Å². The number of carbonyl (C=O) groups is 2. The van der Waals surface area contributed by atoms with E-state index in [-0.39, 0.29) is 17.7 Å². The zero-order valence-electron chi connectivity index (χ0n) is 15.9. The van der Waals surface area contributed by atoms with E-state index in [0.29, 0.717) is 51.1 Å². The maximum atomic E-state index is 12.9. The second kappa shape index (κ2) is 8.37. The van der Waals surface area contributed by atoms with Crippen LogP contribution in [0.25, 0.3) is 0 Å². The second-order valence-corrected chi connectivity index (χ2v) is 7.90. The van der Waals surface area contributed by atoms with E-state index in [1.165, 1.54) is 19.3 Å². The Morgan fingerprint density at radius 1 is 0.963 bits per heavy atom. The fraction of sp³-hybridized carbons (Fsp3) is 0.789. The summed E-state index contributed by atoms with van der Waals surface area (Å²) in [6.45, 7) is 3.67. The van der Waals surface area contributed by atoms with E-state index in [1.54, 1.807) is 11.1 Å². The minimum atomic E-state index is -0.116. The summed E-state index contributed by atoms with van der Waals surface area (Å²) in [7, 11) is 0. The fourth-order valence-corrected chi connectivity index (χ4v) is 4.47. The first-order valence-electron chi connectivity index (χ1n) is 10.3. The average Bonchev–Trinajstić information content (AvgIpc) is 3.24. The molecule has 1 aromatic heterocycles. The van der Waals surface area contributed by atoms with Crippen LogP contribution in [-0.2, 0) is 9.53 Å². The number of piperidine rings is 1. The molecule has 1 aliphatic carbocycles. The summed E-state index contributed by atoms with van der Waals surface area (Å²) in [6.07, 6.45) is 9.41. The summed E-state index contributed by atoms with van der Waals surface area (Å²) >= 11 is 0. The molecule has 1 atom stereocenters. The number of aromatic nitrogens is 3. The molecule has 0 spiro atoms. The predicted molar refractivity (Wildman–Crippen MR) is 98.2 cm³/mol. The van der Waals surface area contributed by atoms with Crippen molar-refractivity contribution >= 4 is 11.8 Å². The van der Waals surface area contributed by atoms with Crippen LogP contribution in [0.4, 0.5) is 0 Å². The molecular formula is C19H29N5O3. The molecule has 2 amide bonds. The van der Waals surface area contributed by atoms with Crippen LogP contribution in [0, 0.1) is 5.92 Å². The molecular weight excluding hydrogens is 346 g/mol. The highest BCUT2D eigenvalue weighted by Crippen LogP contribution is 2.27. The molecule has 3 aliphatic rings. The quantitative estimate of drug-likeness (QED) is 0.800. The van der Waals surface area contributed by atoms with E-state index in [1.807, 2.05) is 9.58 Å². The molecule has 1 saturated carbocycles. The van der Waals surface area contributed by atoms with Crippen molar-refractivity contribution in [3.8, 4) is 0 Å². The molecule has 2 aliphatic heterocycles. The van der Waals surface area contributed by atoms with Gasteiger partial charge in [-0.3, -0.25) is 9.59 Å². The molecule has 8 nitrogen and oxygen atoms in total. The lowest BCUT2D eigenvalue weighted by molar-refractivity contribution is -0.141. The van der Waals surface area contributed by atoms with Crippen molar-refractivity contribution < 1.29 is 14.3 Å². The van der Waals surface area contributed by atoms with Crippen LogP contribution in [0.3, 0.4) is 0 Å². The van der Waals surface area contributed by atoms with Gasteiger partial charge in [0.25, 0.3) is 5.91 Å². The van der Waals surface area contributed by atoms with Crippen LogP contribution in [-0.4, -0.2) is 76.0 Å². The summed E-state index contributed by atoms with van der Waals surface area (Å²) < 4.78 is 7.20. The zero-order chi connectivity index (χ0) is 18.6. The van der Waals surface area contributed by atoms with Gasteiger partial charge in [0.05, 0.1) is 31.4 Å². The molecule has 0 radical (unpaired) electrons. The highest BCUT2D eigenvalue weighted by molar-refractivity contribution is 5.92. The number of hydrogen-bond acceptors (Lipinski definition) is 5. The number of hydrogen-bond donors (Lipinski definition) is 0. The molecule has 0 aromatic carbocycles. The van der Waals surface area contributed by atoms with E-state index in [9.17, 15) is 9.59 Å². The number of morpholine rings is 1. The Hall–Kier alpha value is -1.96. The number of carbonyl (C=O) groups excluding carboxylic acids is 2. The zero-order valence-corrected chi connectivity index (χ0v) is 15.9. The molecule has 2 saturated heterocycles. The van der Waals surface area contributed by atoms with Crippen molar-refractivity contribution in [3.63, 3.8) is 0 Å². The van der Waals surface area contributed by atoms with Gasteiger partial charge in [-0.25, -0.2) is 4.68 Å². The molecule has 1 unspecified atom stereocenters. The lowest BCUT2D eigenvalue weighted by Crippen LogP contribution is -2.49. The van der Waals surface area contributed by atoms with E-state index in [2.05, 4.69) is 10.3 Å². The van der Waals surface area contributed by atoms with Gasteiger partial charge in [-0.2, -0.15) is 0 Å². The first-order valence-corrected chi connectivity index (χ1v) is 10.3. The number of likely N-dealkylation sites (tertiary alicyclic amines) is 1. The Morgan fingerprint density at radius 2 is 1.74 bits per heavy atom.